The molecule has 0 saturated heterocycles. The van der Waals surface area contributed by atoms with Crippen LogP contribution >= 0.6 is 0 Å². The Balaban J connectivity index is 2.10. The molecular formula is C12H20N4. The Morgan fingerprint density at radius 3 is 2.62 bits per heavy atom. The van der Waals surface area contributed by atoms with Crippen molar-refractivity contribution in [3.05, 3.63) is 12.4 Å². The Labute approximate surface area is 96.9 Å². The highest BCUT2D eigenvalue weighted by atomic mass is 15.2. The molecular weight excluding hydrogens is 200 g/mol. The minimum atomic E-state index is 0.554. The molecule has 1 heterocycles. The molecule has 0 amide bonds. The van der Waals surface area contributed by atoms with Crippen molar-refractivity contribution in [1.29, 1.82) is 0 Å². The first-order chi connectivity index (χ1) is 7.68. The average molecular weight is 220 g/mol. The van der Waals surface area contributed by atoms with Gasteiger partial charge in [0.15, 0.2) is 11.6 Å². The van der Waals surface area contributed by atoms with Gasteiger partial charge in [-0.15, -0.1) is 0 Å². The zero-order valence-corrected chi connectivity index (χ0v) is 10.1. The highest BCUT2D eigenvalue weighted by Crippen LogP contribution is 2.32. The Morgan fingerprint density at radius 1 is 1.38 bits per heavy atom. The fourth-order valence-corrected chi connectivity index (χ4v) is 1.81. The Morgan fingerprint density at radius 2 is 2.06 bits per heavy atom. The van der Waals surface area contributed by atoms with Gasteiger partial charge in [-0.25, -0.2) is 9.97 Å². The van der Waals surface area contributed by atoms with Crippen molar-refractivity contribution in [2.45, 2.75) is 39.2 Å². The lowest BCUT2D eigenvalue weighted by Gasteiger charge is -2.24. The van der Waals surface area contributed by atoms with Crippen LogP contribution in [0.3, 0.4) is 0 Å². The summed E-state index contributed by atoms with van der Waals surface area (Å²) >= 11 is 0. The Hall–Kier alpha value is -1.32. The third kappa shape index (κ3) is 2.62. The molecule has 0 aromatic carbocycles. The van der Waals surface area contributed by atoms with E-state index in [9.17, 15) is 0 Å². The molecule has 1 fully saturated rings. The van der Waals surface area contributed by atoms with Crippen molar-refractivity contribution in [2.75, 3.05) is 17.2 Å². The fraction of sp³-hybridized carbons (Fsp3) is 0.667. The molecule has 0 aliphatic heterocycles. The molecule has 0 spiro atoms. The predicted octanol–water partition coefficient (Wildman–Crippen LogP) is 2.07. The summed E-state index contributed by atoms with van der Waals surface area (Å²) in [4.78, 5) is 10.8. The average Bonchev–Trinajstić information content (AvgIpc) is 3.04. The molecule has 16 heavy (non-hydrogen) atoms. The van der Waals surface area contributed by atoms with Crippen LogP contribution in [0, 0.1) is 5.92 Å². The van der Waals surface area contributed by atoms with Crippen LogP contribution in [0.25, 0.3) is 0 Å². The lowest BCUT2D eigenvalue weighted by Crippen LogP contribution is -2.29. The summed E-state index contributed by atoms with van der Waals surface area (Å²) in [5.41, 5.74) is 5.88. The number of hydrogen-bond acceptors (Lipinski definition) is 4. The first-order valence-corrected chi connectivity index (χ1v) is 6.01. The third-order valence-electron chi connectivity index (χ3n) is 2.91. The largest absolute Gasteiger partial charge is 0.381 e. The maximum Gasteiger partial charge on any atom is 0.171 e. The quantitative estimate of drug-likeness (QED) is 0.825. The van der Waals surface area contributed by atoms with Crippen LogP contribution in [0.4, 0.5) is 11.6 Å². The monoisotopic (exact) mass is 220 g/mol. The number of nitrogens with two attached hydrogens (primary N) is 1. The summed E-state index contributed by atoms with van der Waals surface area (Å²) in [5.74, 6) is 2.13. The predicted molar refractivity (Wildman–Crippen MR) is 66.3 cm³/mol. The van der Waals surface area contributed by atoms with Crippen LogP contribution in [-0.2, 0) is 0 Å². The van der Waals surface area contributed by atoms with Crippen molar-refractivity contribution in [3.8, 4) is 0 Å². The maximum absolute atomic E-state index is 5.88. The number of anilines is 2. The van der Waals surface area contributed by atoms with Gasteiger partial charge in [0.25, 0.3) is 0 Å². The number of hydrogen-bond donors (Lipinski definition) is 1. The van der Waals surface area contributed by atoms with E-state index in [0.29, 0.717) is 17.8 Å². The number of nitrogens with zero attached hydrogens (tertiary/aromatic N) is 3. The molecule has 1 aromatic heterocycles. The van der Waals surface area contributed by atoms with E-state index in [0.717, 1.165) is 12.4 Å². The first-order valence-electron chi connectivity index (χ1n) is 6.01. The molecule has 4 heteroatoms. The molecule has 4 nitrogen and oxygen atoms in total. The van der Waals surface area contributed by atoms with Gasteiger partial charge >= 0.3 is 0 Å². The SMILES string of the molecule is CC(C)CCN(c1nccnc1N)C1CC1. The maximum atomic E-state index is 5.88. The summed E-state index contributed by atoms with van der Waals surface area (Å²) in [6.45, 7) is 5.52. The summed E-state index contributed by atoms with van der Waals surface area (Å²) in [5, 5.41) is 0. The number of rotatable bonds is 5. The minimum absolute atomic E-state index is 0.554. The van der Waals surface area contributed by atoms with Gasteiger partial charge in [0.05, 0.1) is 0 Å². The van der Waals surface area contributed by atoms with Gasteiger partial charge in [-0.1, -0.05) is 13.8 Å². The summed E-state index contributed by atoms with van der Waals surface area (Å²) in [6.07, 6.45) is 7.05. The van der Waals surface area contributed by atoms with Gasteiger partial charge in [0.1, 0.15) is 0 Å². The Bertz CT molecular complexity index is 347. The Kier molecular flexibility index (Phi) is 3.27. The van der Waals surface area contributed by atoms with Gasteiger partial charge in [-0.05, 0) is 25.2 Å². The summed E-state index contributed by atoms with van der Waals surface area (Å²) in [6, 6.07) is 0.637. The van der Waals surface area contributed by atoms with Crippen molar-refractivity contribution >= 4 is 11.6 Å². The molecule has 0 atom stereocenters. The molecule has 0 bridgehead atoms. The smallest absolute Gasteiger partial charge is 0.171 e. The van der Waals surface area contributed by atoms with E-state index < -0.39 is 0 Å². The molecule has 1 saturated carbocycles. The molecule has 0 unspecified atom stereocenters. The zero-order valence-electron chi connectivity index (χ0n) is 10.1. The second kappa shape index (κ2) is 4.68. The third-order valence-corrected chi connectivity index (χ3v) is 2.91. The molecule has 1 aliphatic rings. The normalized spacial score (nSPS) is 15.4. The highest BCUT2D eigenvalue weighted by molar-refractivity contribution is 5.58. The van der Waals surface area contributed by atoms with E-state index in [1.807, 2.05) is 0 Å². The highest BCUT2D eigenvalue weighted by Gasteiger charge is 2.31. The van der Waals surface area contributed by atoms with E-state index in [2.05, 4.69) is 28.7 Å². The van der Waals surface area contributed by atoms with Crippen LogP contribution in [0.1, 0.15) is 33.1 Å². The van der Waals surface area contributed by atoms with Gasteiger partial charge in [-0.3, -0.25) is 0 Å². The molecule has 88 valence electrons. The topological polar surface area (TPSA) is 55.0 Å². The van der Waals surface area contributed by atoms with Gasteiger partial charge in [0.2, 0.25) is 0 Å². The number of nitrogen functional groups attached to an aromatic ring is 1. The van der Waals surface area contributed by atoms with Crippen molar-refractivity contribution in [2.24, 2.45) is 5.92 Å². The van der Waals surface area contributed by atoms with Crippen LogP contribution < -0.4 is 10.6 Å². The van der Waals surface area contributed by atoms with Gasteiger partial charge < -0.3 is 10.6 Å². The number of aromatic nitrogens is 2. The summed E-state index contributed by atoms with van der Waals surface area (Å²) < 4.78 is 0. The van der Waals surface area contributed by atoms with Gasteiger partial charge in [0, 0.05) is 25.0 Å². The van der Waals surface area contributed by atoms with Crippen LogP contribution in [-0.4, -0.2) is 22.6 Å². The fourth-order valence-electron chi connectivity index (χ4n) is 1.81. The lowest BCUT2D eigenvalue weighted by molar-refractivity contribution is 0.568. The van der Waals surface area contributed by atoms with Crippen LogP contribution in [0.2, 0.25) is 0 Å². The van der Waals surface area contributed by atoms with Crippen molar-refractivity contribution in [3.63, 3.8) is 0 Å². The molecule has 2 N–H and O–H groups in total. The molecule has 2 rings (SSSR count). The first kappa shape index (κ1) is 11.2. The van der Waals surface area contributed by atoms with Crippen LogP contribution in [0.5, 0.6) is 0 Å². The standard InChI is InChI=1S/C12H20N4/c1-9(2)5-8-16(10-3-4-10)12-11(13)14-6-7-15-12/h6-7,9-10H,3-5,8H2,1-2H3,(H2,13,14). The van der Waals surface area contributed by atoms with E-state index in [-0.39, 0.29) is 0 Å². The van der Waals surface area contributed by atoms with Crippen LogP contribution in [0.15, 0.2) is 12.4 Å². The zero-order chi connectivity index (χ0) is 11.5. The summed E-state index contributed by atoms with van der Waals surface area (Å²) in [7, 11) is 0. The van der Waals surface area contributed by atoms with E-state index in [1.165, 1.54) is 19.3 Å². The van der Waals surface area contributed by atoms with E-state index in [4.69, 9.17) is 5.73 Å². The van der Waals surface area contributed by atoms with E-state index >= 15 is 0 Å². The molecule has 1 aliphatic carbocycles. The molecule has 0 radical (unpaired) electrons. The van der Waals surface area contributed by atoms with Crippen molar-refractivity contribution < 1.29 is 0 Å². The second-order valence-electron chi connectivity index (χ2n) is 4.87. The minimum Gasteiger partial charge on any atom is -0.381 e. The molecule has 1 aromatic rings. The van der Waals surface area contributed by atoms with Gasteiger partial charge in [-0.2, -0.15) is 0 Å². The van der Waals surface area contributed by atoms with E-state index in [1.54, 1.807) is 12.4 Å². The van der Waals surface area contributed by atoms with Crippen molar-refractivity contribution in [1.82, 2.24) is 9.97 Å². The lowest BCUT2D eigenvalue weighted by atomic mass is 10.1. The second-order valence-corrected chi connectivity index (χ2v) is 4.87.